The van der Waals surface area contributed by atoms with Gasteiger partial charge in [0.2, 0.25) is 0 Å². The van der Waals surface area contributed by atoms with Crippen LogP contribution in [-0.4, -0.2) is 0 Å². The first-order valence-electron chi connectivity index (χ1n) is 16.9. The van der Waals surface area contributed by atoms with Crippen LogP contribution in [0.2, 0.25) is 0 Å². The summed E-state index contributed by atoms with van der Waals surface area (Å²) < 4.78 is 2.69. The monoisotopic (exact) mass is 636 g/mol. The van der Waals surface area contributed by atoms with E-state index in [-0.39, 0.29) is 0 Å². The Morgan fingerprint density at radius 3 is 1.49 bits per heavy atom. The zero-order valence-corrected chi connectivity index (χ0v) is 27.4. The van der Waals surface area contributed by atoms with Gasteiger partial charge < -0.3 is 0 Å². The topological polar surface area (TPSA) is 0 Å². The van der Waals surface area contributed by atoms with Crippen molar-refractivity contribution < 1.29 is 0 Å². The van der Waals surface area contributed by atoms with Gasteiger partial charge in [-0.3, -0.25) is 0 Å². The van der Waals surface area contributed by atoms with Gasteiger partial charge in [-0.2, -0.15) is 0 Å². The van der Waals surface area contributed by atoms with Crippen LogP contribution in [0, 0.1) is 0 Å². The molecule has 1 heterocycles. The van der Waals surface area contributed by atoms with Crippen LogP contribution in [0.3, 0.4) is 0 Å². The minimum absolute atomic E-state index is 1.25. The second kappa shape index (κ2) is 10.2. The van der Waals surface area contributed by atoms with Crippen molar-refractivity contribution in [2.75, 3.05) is 0 Å². The fourth-order valence-corrected chi connectivity index (χ4v) is 9.63. The van der Waals surface area contributed by atoms with Gasteiger partial charge >= 0.3 is 0 Å². The van der Waals surface area contributed by atoms with Crippen LogP contribution in [0.15, 0.2) is 170 Å². The van der Waals surface area contributed by atoms with Gasteiger partial charge in [0.05, 0.1) is 0 Å². The third kappa shape index (κ3) is 3.85. The molecule has 0 aliphatic rings. The zero-order valence-electron chi connectivity index (χ0n) is 26.6. The first-order valence-corrected chi connectivity index (χ1v) is 17.7. The molecule has 0 radical (unpaired) electrons. The van der Waals surface area contributed by atoms with Crippen LogP contribution >= 0.6 is 11.3 Å². The van der Waals surface area contributed by atoms with Gasteiger partial charge in [0, 0.05) is 20.2 Å². The van der Waals surface area contributed by atoms with Gasteiger partial charge in [0.25, 0.3) is 0 Å². The van der Waals surface area contributed by atoms with Crippen LogP contribution in [0.5, 0.6) is 0 Å². The predicted molar refractivity (Wildman–Crippen MR) is 215 cm³/mol. The molecule has 1 aromatic heterocycles. The lowest BCUT2D eigenvalue weighted by Crippen LogP contribution is -1.92. The van der Waals surface area contributed by atoms with E-state index in [1.807, 2.05) is 11.3 Å². The largest absolute Gasteiger partial charge is 0.135 e. The minimum Gasteiger partial charge on any atom is -0.135 e. The molecule has 0 spiro atoms. The Morgan fingerprint density at radius 1 is 0.265 bits per heavy atom. The number of benzene rings is 10. The number of rotatable bonds is 2. The smallest absolute Gasteiger partial charge is 0.0362 e. The van der Waals surface area contributed by atoms with E-state index in [9.17, 15) is 0 Å². The molecule has 0 amide bonds. The highest BCUT2D eigenvalue weighted by atomic mass is 32.1. The lowest BCUT2D eigenvalue weighted by molar-refractivity contribution is 1.69. The number of thiophene rings is 1. The quantitative estimate of drug-likeness (QED) is 0.131. The summed E-state index contributed by atoms with van der Waals surface area (Å²) in [4.78, 5) is 0. The van der Waals surface area contributed by atoms with E-state index >= 15 is 0 Å². The standard InChI is InChI=1S/C48H28S/c1-2-14-31-29(12-1)13-11-22-36(31)48-39-20-7-5-18-37(39)47(38-19-6-8-21-40(38)48)30-24-25-34-41(26-30)32-15-3-4-16-33(32)43-28-46-44(27-42(34)43)35-17-9-10-23-45(35)49-46/h1-28H. The Balaban J connectivity index is 1.25. The van der Waals surface area contributed by atoms with Crippen LogP contribution in [-0.2, 0) is 0 Å². The number of fused-ring (bicyclic) bond motifs is 12. The van der Waals surface area contributed by atoms with Gasteiger partial charge in [-0.15, -0.1) is 11.3 Å². The molecule has 0 aliphatic heterocycles. The Hall–Kier alpha value is -6.02. The summed E-state index contributed by atoms with van der Waals surface area (Å²) in [6, 6.07) is 63.3. The molecule has 0 saturated carbocycles. The molecular formula is C48H28S. The summed E-state index contributed by atoms with van der Waals surface area (Å²) in [5.41, 5.74) is 5.12. The van der Waals surface area contributed by atoms with E-state index in [1.54, 1.807) is 0 Å². The fraction of sp³-hybridized carbons (Fsp3) is 0. The van der Waals surface area contributed by atoms with Crippen molar-refractivity contribution in [1.29, 1.82) is 0 Å². The van der Waals surface area contributed by atoms with Crippen molar-refractivity contribution in [2.24, 2.45) is 0 Å². The Labute approximate surface area is 287 Å². The summed E-state index contributed by atoms with van der Waals surface area (Å²) in [6.07, 6.45) is 0. The lowest BCUT2D eigenvalue weighted by Gasteiger charge is -2.19. The van der Waals surface area contributed by atoms with Gasteiger partial charge in [0.1, 0.15) is 0 Å². The second-order valence-electron chi connectivity index (χ2n) is 13.2. The molecule has 1 heteroatoms. The van der Waals surface area contributed by atoms with Crippen molar-refractivity contribution >= 4 is 96.1 Å². The van der Waals surface area contributed by atoms with Crippen LogP contribution in [0.1, 0.15) is 0 Å². The second-order valence-corrected chi connectivity index (χ2v) is 14.2. The van der Waals surface area contributed by atoms with Crippen LogP contribution in [0.25, 0.3) is 107 Å². The van der Waals surface area contributed by atoms with Crippen molar-refractivity contribution in [1.82, 2.24) is 0 Å². The first kappa shape index (κ1) is 27.0. The van der Waals surface area contributed by atoms with Gasteiger partial charge in [-0.05, 0) is 111 Å². The molecule has 0 unspecified atom stereocenters. The highest BCUT2D eigenvalue weighted by Crippen LogP contribution is 2.47. The van der Waals surface area contributed by atoms with Gasteiger partial charge in [0.15, 0.2) is 0 Å². The normalized spacial score (nSPS) is 12.1. The average Bonchev–Trinajstić information content (AvgIpc) is 3.53. The summed E-state index contributed by atoms with van der Waals surface area (Å²) >= 11 is 1.89. The third-order valence-electron chi connectivity index (χ3n) is 10.6. The maximum absolute atomic E-state index is 2.46. The van der Waals surface area contributed by atoms with Gasteiger partial charge in [-0.25, -0.2) is 0 Å². The van der Waals surface area contributed by atoms with Gasteiger partial charge in [-0.1, -0.05) is 146 Å². The third-order valence-corrected chi connectivity index (χ3v) is 11.7. The molecule has 0 aliphatic carbocycles. The Morgan fingerprint density at radius 2 is 0.776 bits per heavy atom. The zero-order chi connectivity index (χ0) is 32.1. The molecule has 0 N–H and O–H groups in total. The van der Waals surface area contributed by atoms with E-state index in [0.29, 0.717) is 0 Å². The highest BCUT2D eigenvalue weighted by Gasteiger charge is 2.19. The molecule has 0 fully saturated rings. The minimum atomic E-state index is 1.25. The summed E-state index contributed by atoms with van der Waals surface area (Å²) in [7, 11) is 0. The van der Waals surface area contributed by atoms with E-state index in [2.05, 4.69) is 170 Å². The summed E-state index contributed by atoms with van der Waals surface area (Å²) in [5, 5.41) is 18.2. The SMILES string of the molecule is c1ccc2c(-c3c4ccccc4c(-c4ccc5c(c4)c4ccccc4c4cc6sc7ccccc7c6cc54)c4ccccc34)cccc2c1. The molecule has 0 atom stereocenters. The maximum atomic E-state index is 2.46. The van der Waals surface area contributed by atoms with E-state index < -0.39 is 0 Å². The summed E-state index contributed by atoms with van der Waals surface area (Å²) in [5.74, 6) is 0. The molecule has 11 rings (SSSR count). The highest BCUT2D eigenvalue weighted by molar-refractivity contribution is 7.25. The van der Waals surface area contributed by atoms with Crippen molar-refractivity contribution in [3.63, 3.8) is 0 Å². The maximum Gasteiger partial charge on any atom is 0.0362 e. The lowest BCUT2D eigenvalue weighted by atomic mass is 9.84. The Kier molecular flexibility index (Phi) is 5.64. The first-order chi connectivity index (χ1) is 24.3. The molecular weight excluding hydrogens is 609 g/mol. The molecule has 0 saturated heterocycles. The molecule has 226 valence electrons. The van der Waals surface area contributed by atoms with E-state index in [1.165, 1.54) is 107 Å². The fourth-order valence-electron chi connectivity index (χ4n) is 8.50. The van der Waals surface area contributed by atoms with Crippen LogP contribution < -0.4 is 0 Å². The molecule has 0 nitrogen and oxygen atoms in total. The number of hydrogen-bond acceptors (Lipinski definition) is 1. The Bertz CT molecular complexity index is 3100. The average molecular weight is 637 g/mol. The molecule has 11 aromatic rings. The predicted octanol–water partition coefficient (Wildman–Crippen LogP) is 14.3. The van der Waals surface area contributed by atoms with E-state index in [4.69, 9.17) is 0 Å². The van der Waals surface area contributed by atoms with Crippen molar-refractivity contribution in [2.45, 2.75) is 0 Å². The van der Waals surface area contributed by atoms with Crippen molar-refractivity contribution in [3.05, 3.63) is 170 Å². The van der Waals surface area contributed by atoms with Crippen molar-refractivity contribution in [3.8, 4) is 22.3 Å². The number of hydrogen-bond donors (Lipinski definition) is 0. The molecule has 0 bridgehead atoms. The molecule has 10 aromatic carbocycles. The summed E-state index contributed by atoms with van der Waals surface area (Å²) in [6.45, 7) is 0. The molecule has 49 heavy (non-hydrogen) atoms. The van der Waals surface area contributed by atoms with Crippen LogP contribution in [0.4, 0.5) is 0 Å². The van der Waals surface area contributed by atoms with E-state index in [0.717, 1.165) is 0 Å².